The van der Waals surface area contributed by atoms with Gasteiger partial charge in [0, 0.05) is 35.6 Å². The number of nitrogens with zero attached hydrogens (tertiary/aromatic N) is 2. The Kier molecular flexibility index (Phi) is 5.06. The average molecular weight is 437 g/mol. The Bertz CT molecular complexity index is 1220. The largest absolute Gasteiger partial charge is 0.338 e. The number of rotatable bonds is 4. The van der Waals surface area contributed by atoms with Crippen molar-refractivity contribution in [3.05, 3.63) is 61.5 Å². The van der Waals surface area contributed by atoms with E-state index >= 15 is 0 Å². The molecule has 0 saturated carbocycles. The second kappa shape index (κ2) is 7.53. The Morgan fingerprint density at radius 2 is 1.97 bits per heavy atom. The zero-order chi connectivity index (χ0) is 20.7. The summed E-state index contributed by atoms with van der Waals surface area (Å²) in [5.74, 6) is -0.946. The molecule has 6 nitrogen and oxygen atoms in total. The normalized spacial score (nSPS) is 13.0. The zero-order valence-corrected chi connectivity index (χ0v) is 16.1. The zero-order valence-electron chi connectivity index (χ0n) is 14.6. The van der Waals surface area contributed by atoms with E-state index in [2.05, 4.69) is 20.3 Å². The van der Waals surface area contributed by atoms with Gasteiger partial charge in [0.15, 0.2) is 0 Å². The van der Waals surface area contributed by atoms with E-state index in [4.69, 9.17) is 23.2 Å². The van der Waals surface area contributed by atoms with Gasteiger partial charge in [0.2, 0.25) is 5.78 Å². The molecule has 2 N–H and O–H groups in total. The highest BCUT2D eigenvalue weighted by Gasteiger charge is 2.23. The molecule has 0 spiro atoms. The van der Waals surface area contributed by atoms with E-state index in [1.54, 1.807) is 12.3 Å². The second-order valence-corrected chi connectivity index (χ2v) is 7.12. The monoisotopic (exact) mass is 436 g/mol. The summed E-state index contributed by atoms with van der Waals surface area (Å²) in [6.45, 7) is 0.517. The van der Waals surface area contributed by atoms with Gasteiger partial charge in [-0.25, -0.2) is 13.8 Å². The number of hydrogen-bond acceptors (Lipinski definition) is 5. The Labute approximate surface area is 172 Å². The molecule has 148 valence electrons. The molecule has 29 heavy (non-hydrogen) atoms. The van der Waals surface area contributed by atoms with Crippen LogP contribution in [0.4, 0.5) is 20.3 Å². The van der Waals surface area contributed by atoms with E-state index in [9.17, 15) is 18.4 Å². The van der Waals surface area contributed by atoms with E-state index in [-0.39, 0.29) is 26.9 Å². The number of Topliss-reactive ketones (excluding diaryl/α,β-unsaturated/α-hetero) is 1. The summed E-state index contributed by atoms with van der Waals surface area (Å²) in [7, 11) is 0. The van der Waals surface area contributed by atoms with Gasteiger partial charge in [-0.1, -0.05) is 23.2 Å². The van der Waals surface area contributed by atoms with Crippen molar-refractivity contribution in [2.75, 3.05) is 11.9 Å². The van der Waals surface area contributed by atoms with Gasteiger partial charge in [-0.15, -0.1) is 0 Å². The lowest BCUT2D eigenvalue weighted by molar-refractivity contribution is 0.0679. The Morgan fingerprint density at radius 1 is 1.24 bits per heavy atom. The van der Waals surface area contributed by atoms with E-state index in [0.29, 0.717) is 35.2 Å². The molecule has 3 aromatic rings. The summed E-state index contributed by atoms with van der Waals surface area (Å²) in [5, 5.41) is 3.44. The van der Waals surface area contributed by atoms with Crippen molar-refractivity contribution < 1.29 is 13.6 Å². The summed E-state index contributed by atoms with van der Waals surface area (Å²) in [4.78, 5) is 35.2. The third-order valence-electron chi connectivity index (χ3n) is 4.53. The van der Waals surface area contributed by atoms with E-state index < -0.39 is 12.2 Å². The summed E-state index contributed by atoms with van der Waals surface area (Å²) in [6.07, 6.45) is 0.477. The number of hydrogen-bond donors (Lipinski definition) is 2. The van der Waals surface area contributed by atoms with Crippen LogP contribution in [0.1, 0.15) is 21.5 Å². The molecule has 10 heteroatoms. The summed E-state index contributed by atoms with van der Waals surface area (Å²) >= 11 is 12.4. The predicted molar refractivity (Wildman–Crippen MR) is 109 cm³/mol. The molecule has 1 aliphatic heterocycles. The first-order valence-corrected chi connectivity index (χ1v) is 9.25. The molecule has 3 heterocycles. The fourth-order valence-corrected chi connectivity index (χ4v) is 3.78. The van der Waals surface area contributed by atoms with Crippen LogP contribution in [0.25, 0.3) is 10.9 Å². The number of benzene rings is 1. The van der Waals surface area contributed by atoms with Gasteiger partial charge in [0.05, 0.1) is 26.6 Å². The van der Waals surface area contributed by atoms with Crippen LogP contribution < -0.4 is 10.9 Å². The van der Waals surface area contributed by atoms with Crippen LogP contribution in [0, 0.1) is 0 Å². The van der Waals surface area contributed by atoms with Gasteiger partial charge in [0.25, 0.3) is 5.56 Å². The number of H-pyrrole nitrogens is 1. The number of aromatic amines is 1. The lowest BCUT2D eigenvalue weighted by Crippen LogP contribution is -2.16. The van der Waals surface area contributed by atoms with Crippen molar-refractivity contribution in [3.8, 4) is 0 Å². The first kappa shape index (κ1) is 19.5. The molecule has 0 fully saturated rings. The van der Waals surface area contributed by atoms with Gasteiger partial charge < -0.3 is 10.3 Å². The first-order valence-electron chi connectivity index (χ1n) is 8.49. The molecule has 0 amide bonds. The van der Waals surface area contributed by atoms with Gasteiger partial charge >= 0.3 is 6.43 Å². The molecule has 0 aliphatic carbocycles. The number of halogens is 4. The van der Waals surface area contributed by atoms with Gasteiger partial charge in [-0.05, 0) is 24.6 Å². The van der Waals surface area contributed by atoms with Crippen molar-refractivity contribution >= 4 is 57.6 Å². The van der Waals surface area contributed by atoms with Crippen LogP contribution in [0.3, 0.4) is 0 Å². The van der Waals surface area contributed by atoms with Crippen molar-refractivity contribution in [2.45, 2.75) is 12.8 Å². The summed E-state index contributed by atoms with van der Waals surface area (Å²) in [5.41, 5.74) is 1.50. The number of carbonyl (C=O) groups is 1. The Balaban J connectivity index is 1.85. The minimum atomic E-state index is -3.16. The van der Waals surface area contributed by atoms with Crippen LogP contribution in [0.5, 0.6) is 0 Å². The van der Waals surface area contributed by atoms with E-state index in [1.165, 1.54) is 6.20 Å². The minimum absolute atomic E-state index is 0.00691. The molecule has 2 aromatic heterocycles. The maximum absolute atomic E-state index is 12.7. The number of pyridine rings is 2. The molecule has 0 bridgehead atoms. The summed E-state index contributed by atoms with van der Waals surface area (Å²) in [6, 6.07) is 3.91. The average Bonchev–Trinajstić information content (AvgIpc) is 2.69. The molecule has 1 aliphatic rings. The molecule has 0 atom stereocenters. The van der Waals surface area contributed by atoms with Crippen molar-refractivity contribution in [3.63, 3.8) is 0 Å². The number of aromatic nitrogens is 2. The second-order valence-electron chi connectivity index (χ2n) is 6.31. The fourth-order valence-electron chi connectivity index (χ4n) is 3.20. The number of carbonyl (C=O) groups excluding carboxylic acids is 1. The lowest BCUT2D eigenvalue weighted by Gasteiger charge is -2.19. The maximum atomic E-state index is 12.7. The fraction of sp³-hybridized carbons (Fsp3) is 0.158. The predicted octanol–water partition coefficient (Wildman–Crippen LogP) is 4.40. The Hall–Kier alpha value is -2.84. The number of alkyl halides is 2. The first-order chi connectivity index (χ1) is 13.9. The molecule has 0 unspecified atom stereocenters. The van der Waals surface area contributed by atoms with Crippen LogP contribution in [-0.2, 0) is 6.42 Å². The Morgan fingerprint density at radius 3 is 2.66 bits per heavy atom. The number of fused-ring (bicyclic) bond motifs is 3. The highest BCUT2D eigenvalue weighted by Crippen LogP contribution is 2.36. The van der Waals surface area contributed by atoms with E-state index in [1.807, 2.05) is 0 Å². The van der Waals surface area contributed by atoms with Crippen LogP contribution >= 0.6 is 23.2 Å². The van der Waals surface area contributed by atoms with Crippen molar-refractivity contribution in [1.82, 2.24) is 9.97 Å². The molecule has 0 saturated heterocycles. The third kappa shape index (κ3) is 3.49. The summed E-state index contributed by atoms with van der Waals surface area (Å²) < 4.78 is 25.4. The topological polar surface area (TPSA) is 87.2 Å². The smallest absolute Gasteiger partial charge is 0.300 e. The van der Waals surface area contributed by atoms with E-state index in [0.717, 1.165) is 17.7 Å². The SMILES string of the molecule is O=C(c1cc(Cl)c(Nc2nc3cc[nH]c(=O)c3c3c2CCN=C3)c(Cl)c1)C(F)F. The minimum Gasteiger partial charge on any atom is -0.338 e. The molecule has 1 aromatic carbocycles. The van der Waals surface area contributed by atoms with Crippen LogP contribution in [0.2, 0.25) is 10.0 Å². The number of ketones is 1. The van der Waals surface area contributed by atoms with Gasteiger partial charge in [-0.3, -0.25) is 14.6 Å². The number of nitrogens with one attached hydrogen (secondary N) is 2. The quantitative estimate of drug-likeness (QED) is 0.593. The molecular formula is C19H12Cl2F2N4O2. The lowest BCUT2D eigenvalue weighted by atomic mass is 10.00. The highest BCUT2D eigenvalue weighted by atomic mass is 35.5. The standard InChI is InChI=1S/C19H12Cl2F2N4O2/c20-11-5-8(16(28)17(22)23)6-12(21)15(11)27-18-9-1-3-24-7-10(9)14-13(26-18)2-4-25-19(14)29/h2,4-7,17H,1,3H2,(H,25,29)(H,26,27). The molecule has 4 rings (SSSR count). The third-order valence-corrected chi connectivity index (χ3v) is 5.13. The molecule has 0 radical (unpaired) electrons. The van der Waals surface area contributed by atoms with Crippen molar-refractivity contribution in [2.24, 2.45) is 4.99 Å². The highest BCUT2D eigenvalue weighted by molar-refractivity contribution is 6.40. The molecular weight excluding hydrogens is 425 g/mol. The van der Waals surface area contributed by atoms with Gasteiger partial charge in [-0.2, -0.15) is 0 Å². The van der Waals surface area contributed by atoms with Gasteiger partial charge in [0.1, 0.15) is 5.82 Å². The van der Waals surface area contributed by atoms with Crippen LogP contribution in [0.15, 0.2) is 34.2 Å². The maximum Gasteiger partial charge on any atom is 0.300 e. The number of aliphatic imine (C=N–C) groups is 1. The number of anilines is 2. The van der Waals surface area contributed by atoms with Crippen LogP contribution in [-0.4, -0.2) is 34.9 Å². The van der Waals surface area contributed by atoms with Crippen molar-refractivity contribution in [1.29, 1.82) is 0 Å².